The summed E-state index contributed by atoms with van der Waals surface area (Å²) in [5, 5.41) is 8.33. The van der Waals surface area contributed by atoms with Crippen LogP contribution < -0.4 is 0 Å². The molecule has 0 saturated heterocycles. The number of hydrogen-bond acceptors (Lipinski definition) is 2. The molecule has 0 unspecified atom stereocenters. The Morgan fingerprint density at radius 1 is 0.549 bits per heavy atom. The molecule has 0 atom stereocenters. The Hall–Kier alpha value is -6.72. The van der Waals surface area contributed by atoms with Crippen molar-refractivity contribution in [1.29, 1.82) is 0 Å². The SMILES string of the molecule is C1=Cc2c(c3ccc4c5ccccc5n(-c5ccc6c(c5)c5c(ccc7cccnc75)c5nc7ccccc7n65)c4c3n2-c2ccccc2)CC1. The van der Waals surface area contributed by atoms with Gasteiger partial charge in [0.15, 0.2) is 0 Å². The van der Waals surface area contributed by atoms with Gasteiger partial charge in [0.05, 0.1) is 38.6 Å². The molecular weight excluding hydrogens is 623 g/mol. The van der Waals surface area contributed by atoms with Crippen molar-refractivity contribution in [2.24, 2.45) is 0 Å². The molecule has 0 bridgehead atoms. The van der Waals surface area contributed by atoms with Gasteiger partial charge < -0.3 is 9.13 Å². The number of fused-ring (bicyclic) bond motifs is 17. The number of nitrogens with zero attached hydrogens (tertiary/aromatic N) is 5. The minimum Gasteiger partial charge on any atom is -0.308 e. The highest BCUT2D eigenvalue weighted by Crippen LogP contribution is 2.43. The summed E-state index contributed by atoms with van der Waals surface area (Å²) in [4.78, 5) is 10.2. The number of rotatable bonds is 2. The number of benzene rings is 6. The summed E-state index contributed by atoms with van der Waals surface area (Å²) in [6.07, 6.45) is 8.64. The van der Waals surface area contributed by atoms with E-state index in [0.717, 1.165) is 67.8 Å². The molecule has 0 saturated carbocycles. The fourth-order valence-electron chi connectivity index (χ4n) is 8.99. The molecule has 51 heavy (non-hydrogen) atoms. The smallest absolute Gasteiger partial charge is 0.146 e. The van der Waals surface area contributed by atoms with Crippen LogP contribution in [0.3, 0.4) is 0 Å². The van der Waals surface area contributed by atoms with Crippen LogP contribution in [0.2, 0.25) is 0 Å². The van der Waals surface area contributed by atoms with E-state index in [2.05, 4.69) is 153 Å². The number of imidazole rings is 1. The van der Waals surface area contributed by atoms with E-state index in [1.165, 1.54) is 49.7 Å². The predicted octanol–water partition coefficient (Wildman–Crippen LogP) is 11.3. The van der Waals surface area contributed by atoms with Crippen molar-refractivity contribution in [3.8, 4) is 11.4 Å². The summed E-state index contributed by atoms with van der Waals surface area (Å²) in [7, 11) is 0. The van der Waals surface area contributed by atoms with Gasteiger partial charge in [-0.3, -0.25) is 9.38 Å². The van der Waals surface area contributed by atoms with E-state index < -0.39 is 0 Å². The largest absolute Gasteiger partial charge is 0.308 e. The van der Waals surface area contributed by atoms with Crippen LogP contribution in [0.1, 0.15) is 17.7 Å². The Balaban J connectivity index is 1.29. The average molecular weight is 652 g/mol. The van der Waals surface area contributed by atoms with Crippen molar-refractivity contribution in [1.82, 2.24) is 23.5 Å². The molecule has 12 rings (SSSR count). The standard InChI is InChI=1S/C46H29N5/c1-2-12-29(13-3-1)49-38-17-7-4-14-31(38)33-23-24-34-32-15-5-8-18-39(32)50(45(34)44(33)49)30-21-25-40-36(27-30)42-35(22-20-28-11-10-26-47-43(28)42)46-48-37-16-6-9-19-41(37)51(40)46/h1-3,5-13,15-27H,4,14H2. The molecule has 5 aromatic heterocycles. The topological polar surface area (TPSA) is 40.1 Å². The van der Waals surface area contributed by atoms with Gasteiger partial charge >= 0.3 is 0 Å². The van der Waals surface area contributed by atoms with E-state index in [9.17, 15) is 0 Å². The molecule has 5 nitrogen and oxygen atoms in total. The van der Waals surface area contributed by atoms with Gasteiger partial charge in [-0.25, -0.2) is 4.98 Å². The third-order valence-corrected chi connectivity index (χ3v) is 11.1. The van der Waals surface area contributed by atoms with E-state index in [1.807, 2.05) is 12.3 Å². The van der Waals surface area contributed by atoms with Crippen LogP contribution in [0.4, 0.5) is 0 Å². The van der Waals surface area contributed by atoms with Crippen LogP contribution in [0.15, 0.2) is 146 Å². The van der Waals surface area contributed by atoms with Crippen LogP contribution in [-0.2, 0) is 6.42 Å². The summed E-state index contributed by atoms with van der Waals surface area (Å²) in [6.45, 7) is 0. The lowest BCUT2D eigenvalue weighted by atomic mass is 10.00. The molecule has 0 N–H and O–H groups in total. The zero-order valence-electron chi connectivity index (χ0n) is 27.6. The fourth-order valence-corrected chi connectivity index (χ4v) is 8.99. The third-order valence-electron chi connectivity index (χ3n) is 11.1. The van der Waals surface area contributed by atoms with Gasteiger partial charge in [-0.15, -0.1) is 0 Å². The van der Waals surface area contributed by atoms with E-state index in [-0.39, 0.29) is 0 Å². The molecule has 0 fully saturated rings. The van der Waals surface area contributed by atoms with Crippen LogP contribution in [0.25, 0.3) is 99.4 Å². The number of aromatic nitrogens is 5. The maximum absolute atomic E-state index is 5.18. The first-order valence-electron chi connectivity index (χ1n) is 17.7. The van der Waals surface area contributed by atoms with Gasteiger partial charge in [0.25, 0.3) is 0 Å². The average Bonchev–Trinajstić information content (AvgIpc) is 3.86. The molecule has 5 heteroatoms. The summed E-state index contributed by atoms with van der Waals surface area (Å²) >= 11 is 0. The molecular formula is C46H29N5. The van der Waals surface area contributed by atoms with Crippen LogP contribution >= 0.6 is 0 Å². The van der Waals surface area contributed by atoms with Gasteiger partial charge in [-0.1, -0.05) is 78.9 Å². The van der Waals surface area contributed by atoms with E-state index in [0.29, 0.717) is 0 Å². The Bertz CT molecular complexity index is 3300. The molecule has 1 aliphatic carbocycles. The highest BCUT2D eigenvalue weighted by atomic mass is 15.1. The van der Waals surface area contributed by atoms with Crippen LogP contribution in [-0.4, -0.2) is 23.5 Å². The van der Waals surface area contributed by atoms with Gasteiger partial charge in [0, 0.05) is 61.0 Å². The highest BCUT2D eigenvalue weighted by molar-refractivity contribution is 6.24. The van der Waals surface area contributed by atoms with Crippen molar-refractivity contribution in [2.45, 2.75) is 12.8 Å². The second-order valence-electron chi connectivity index (χ2n) is 13.7. The van der Waals surface area contributed by atoms with E-state index in [1.54, 1.807) is 0 Å². The lowest BCUT2D eigenvalue weighted by Crippen LogP contribution is -2.02. The Morgan fingerprint density at radius 2 is 1.35 bits per heavy atom. The van der Waals surface area contributed by atoms with Gasteiger partial charge in [-0.2, -0.15) is 0 Å². The Labute approximate surface area is 291 Å². The summed E-state index contributed by atoms with van der Waals surface area (Å²) in [5.74, 6) is 0. The van der Waals surface area contributed by atoms with Gasteiger partial charge in [-0.05, 0) is 85.1 Å². The van der Waals surface area contributed by atoms with Gasteiger partial charge in [0.1, 0.15) is 5.65 Å². The number of para-hydroxylation sites is 4. The molecule has 0 radical (unpaired) electrons. The van der Waals surface area contributed by atoms with Crippen LogP contribution in [0.5, 0.6) is 0 Å². The normalized spacial score (nSPS) is 13.3. The van der Waals surface area contributed by atoms with Crippen molar-refractivity contribution >= 4 is 88.0 Å². The summed E-state index contributed by atoms with van der Waals surface area (Å²) < 4.78 is 7.32. The first-order valence-corrected chi connectivity index (χ1v) is 17.7. The monoisotopic (exact) mass is 651 g/mol. The number of allylic oxidation sites excluding steroid dienone is 1. The quantitative estimate of drug-likeness (QED) is 0.175. The summed E-state index contributed by atoms with van der Waals surface area (Å²) in [6, 6.07) is 48.4. The molecule has 0 amide bonds. The number of pyridine rings is 2. The van der Waals surface area contributed by atoms with Crippen molar-refractivity contribution in [3.05, 3.63) is 157 Å². The number of hydrogen-bond donors (Lipinski definition) is 0. The maximum Gasteiger partial charge on any atom is 0.146 e. The Kier molecular flexibility index (Phi) is 5.28. The molecule has 6 aromatic carbocycles. The molecule has 0 aliphatic heterocycles. The van der Waals surface area contributed by atoms with E-state index in [4.69, 9.17) is 9.97 Å². The molecule has 5 heterocycles. The minimum absolute atomic E-state index is 0.955. The maximum atomic E-state index is 5.18. The highest BCUT2D eigenvalue weighted by Gasteiger charge is 2.25. The second kappa shape index (κ2) is 9.93. The van der Waals surface area contributed by atoms with E-state index >= 15 is 0 Å². The zero-order chi connectivity index (χ0) is 33.2. The summed E-state index contributed by atoms with van der Waals surface area (Å²) in [5.41, 5.74) is 13.8. The first kappa shape index (κ1) is 27.1. The zero-order valence-corrected chi connectivity index (χ0v) is 27.6. The second-order valence-corrected chi connectivity index (χ2v) is 13.7. The first-order chi connectivity index (χ1) is 25.3. The van der Waals surface area contributed by atoms with Crippen molar-refractivity contribution < 1.29 is 0 Å². The minimum atomic E-state index is 0.955. The third kappa shape index (κ3) is 3.54. The van der Waals surface area contributed by atoms with Crippen molar-refractivity contribution in [3.63, 3.8) is 0 Å². The number of aryl methyl sites for hydroxylation is 1. The molecule has 238 valence electrons. The molecule has 11 aromatic rings. The van der Waals surface area contributed by atoms with Gasteiger partial charge in [0.2, 0.25) is 0 Å². The molecule has 0 spiro atoms. The lowest BCUT2D eigenvalue weighted by molar-refractivity contribution is 0.967. The lowest BCUT2D eigenvalue weighted by Gasteiger charge is -2.16. The molecule has 1 aliphatic rings. The predicted molar refractivity (Wildman–Crippen MR) is 212 cm³/mol. The fraction of sp³-hybridized carbons (Fsp3) is 0.0435. The van der Waals surface area contributed by atoms with Crippen LogP contribution in [0, 0.1) is 0 Å². The van der Waals surface area contributed by atoms with Crippen molar-refractivity contribution in [2.75, 3.05) is 0 Å². The Morgan fingerprint density at radius 3 is 2.29 bits per heavy atom.